The van der Waals surface area contributed by atoms with E-state index in [-0.39, 0.29) is 0 Å². The zero-order valence-corrected chi connectivity index (χ0v) is 15.0. The maximum atomic E-state index is 12.0. The number of aryl methyl sites for hydroxylation is 1. The van der Waals surface area contributed by atoms with Gasteiger partial charge in [-0.05, 0) is 58.6 Å². The number of ether oxygens (including phenoxy) is 2. The number of hydrogen-bond donors (Lipinski definition) is 0. The lowest BCUT2D eigenvalue weighted by molar-refractivity contribution is 0.00578. The van der Waals surface area contributed by atoms with Gasteiger partial charge in [-0.25, -0.2) is 4.79 Å². The number of rotatable bonds is 4. The third kappa shape index (κ3) is 3.24. The highest BCUT2D eigenvalue weighted by atomic mass is 16.7. The summed E-state index contributed by atoms with van der Waals surface area (Å²) in [5.74, 6) is 0.0791. The van der Waals surface area contributed by atoms with E-state index in [1.165, 1.54) is 7.11 Å². The van der Waals surface area contributed by atoms with E-state index >= 15 is 0 Å². The third-order valence-electron chi connectivity index (χ3n) is 4.54. The summed E-state index contributed by atoms with van der Waals surface area (Å²) in [4.78, 5) is 12.0. The first kappa shape index (κ1) is 17.8. The summed E-state index contributed by atoms with van der Waals surface area (Å²) in [6, 6.07) is 3.68. The Balaban J connectivity index is 2.44. The van der Waals surface area contributed by atoms with Gasteiger partial charge in [-0.15, -0.1) is 0 Å². The molecule has 0 bridgehead atoms. The molecule has 0 aliphatic carbocycles. The lowest BCUT2D eigenvalue weighted by atomic mass is 9.77. The van der Waals surface area contributed by atoms with Crippen molar-refractivity contribution < 1.29 is 23.6 Å². The zero-order chi connectivity index (χ0) is 17.4. The van der Waals surface area contributed by atoms with Gasteiger partial charge in [0.15, 0.2) is 0 Å². The van der Waals surface area contributed by atoms with Gasteiger partial charge in [-0.1, -0.05) is 6.07 Å². The van der Waals surface area contributed by atoms with Crippen molar-refractivity contribution in [2.24, 2.45) is 0 Å². The van der Waals surface area contributed by atoms with Crippen LogP contribution in [0.1, 0.15) is 50.5 Å². The average Bonchev–Trinajstić information content (AvgIpc) is 2.67. The largest absolute Gasteiger partial charge is 0.494 e. The molecule has 0 aromatic heterocycles. The molecule has 2 rings (SSSR count). The molecule has 0 saturated carbocycles. The molecule has 0 spiro atoms. The van der Waals surface area contributed by atoms with Crippen LogP contribution in [0.3, 0.4) is 0 Å². The van der Waals surface area contributed by atoms with Gasteiger partial charge in [0.2, 0.25) is 0 Å². The Morgan fingerprint density at radius 3 is 2.22 bits per heavy atom. The van der Waals surface area contributed by atoms with Crippen molar-refractivity contribution in [2.45, 2.75) is 52.7 Å². The van der Waals surface area contributed by atoms with E-state index in [0.717, 1.165) is 11.0 Å². The highest BCUT2D eigenvalue weighted by molar-refractivity contribution is 6.62. The summed E-state index contributed by atoms with van der Waals surface area (Å²) in [6.07, 6.45) is 0. The quantitative estimate of drug-likeness (QED) is 0.630. The lowest BCUT2D eigenvalue weighted by Crippen LogP contribution is -2.41. The van der Waals surface area contributed by atoms with Gasteiger partial charge in [0.05, 0.1) is 24.9 Å². The van der Waals surface area contributed by atoms with Gasteiger partial charge >= 0.3 is 13.1 Å². The number of benzene rings is 1. The molecule has 1 saturated heterocycles. The van der Waals surface area contributed by atoms with Crippen molar-refractivity contribution in [2.75, 3.05) is 13.7 Å². The Labute approximate surface area is 138 Å². The van der Waals surface area contributed by atoms with Crippen molar-refractivity contribution in [3.05, 3.63) is 23.3 Å². The molecule has 1 aromatic carbocycles. The maximum absolute atomic E-state index is 12.0. The van der Waals surface area contributed by atoms with E-state index in [1.54, 1.807) is 6.07 Å². The number of methoxy groups -OCH3 is 1. The van der Waals surface area contributed by atoms with Crippen molar-refractivity contribution >= 4 is 18.6 Å². The Morgan fingerprint density at radius 1 is 1.17 bits per heavy atom. The maximum Gasteiger partial charge on any atom is 0.494 e. The molecule has 1 aliphatic heterocycles. The van der Waals surface area contributed by atoms with Crippen LogP contribution in [-0.2, 0) is 14.0 Å². The second kappa shape index (κ2) is 6.17. The second-order valence-corrected chi connectivity index (χ2v) is 6.72. The van der Waals surface area contributed by atoms with E-state index in [0.29, 0.717) is 17.9 Å². The molecule has 1 aromatic rings. The van der Waals surface area contributed by atoms with E-state index < -0.39 is 24.3 Å². The van der Waals surface area contributed by atoms with E-state index in [9.17, 15) is 4.79 Å². The monoisotopic (exact) mass is 320 g/mol. The highest BCUT2D eigenvalue weighted by Crippen LogP contribution is 2.37. The molecule has 0 unspecified atom stereocenters. The smallest absolute Gasteiger partial charge is 0.493 e. The molecule has 1 heterocycles. The normalized spacial score (nSPS) is 18.8. The number of carbonyl (C=O) groups excluding carboxylic acids is 1. The van der Waals surface area contributed by atoms with Crippen LogP contribution in [0.5, 0.6) is 5.75 Å². The Morgan fingerprint density at radius 2 is 1.74 bits per heavy atom. The van der Waals surface area contributed by atoms with Crippen molar-refractivity contribution in [1.29, 1.82) is 0 Å². The molecule has 0 amide bonds. The minimum atomic E-state index is -0.496. The van der Waals surface area contributed by atoms with Crippen LogP contribution < -0.4 is 10.2 Å². The molecule has 1 aliphatic rings. The standard InChI is InChI=1S/C17H25BO5/c1-8-21-13-10-12(9-11(2)14(13)15(19)20-7)18-22-16(3,4)17(5,6)23-18/h9-10H,8H2,1-7H3. The molecule has 1 fully saturated rings. The van der Waals surface area contributed by atoms with Gasteiger partial charge < -0.3 is 18.8 Å². The van der Waals surface area contributed by atoms with Gasteiger partial charge in [0.1, 0.15) is 11.3 Å². The predicted octanol–water partition coefficient (Wildman–Crippen LogP) is 2.48. The summed E-state index contributed by atoms with van der Waals surface area (Å²) in [6.45, 7) is 12.2. The van der Waals surface area contributed by atoms with E-state index in [2.05, 4.69) is 0 Å². The summed E-state index contributed by atoms with van der Waals surface area (Å²) in [5, 5.41) is 0. The first-order chi connectivity index (χ1) is 10.6. The van der Waals surface area contributed by atoms with Crippen LogP contribution in [0, 0.1) is 6.92 Å². The Bertz CT molecular complexity index is 593. The van der Waals surface area contributed by atoms with Crippen LogP contribution in [0.15, 0.2) is 12.1 Å². The van der Waals surface area contributed by atoms with Gasteiger partial charge in [-0.2, -0.15) is 0 Å². The summed E-state index contributed by atoms with van der Waals surface area (Å²) < 4.78 is 22.6. The van der Waals surface area contributed by atoms with Crippen molar-refractivity contribution in [3.63, 3.8) is 0 Å². The first-order valence-corrected chi connectivity index (χ1v) is 7.84. The minimum Gasteiger partial charge on any atom is -0.493 e. The molecule has 23 heavy (non-hydrogen) atoms. The molecule has 6 heteroatoms. The minimum absolute atomic E-state index is 0.411. The molecule has 5 nitrogen and oxygen atoms in total. The molecule has 0 atom stereocenters. The van der Waals surface area contributed by atoms with E-state index in [1.807, 2.05) is 47.6 Å². The van der Waals surface area contributed by atoms with Gasteiger partial charge in [0.25, 0.3) is 0 Å². The first-order valence-electron chi connectivity index (χ1n) is 7.84. The summed E-state index contributed by atoms with van der Waals surface area (Å²) in [5.41, 5.74) is 1.20. The van der Waals surface area contributed by atoms with Crippen LogP contribution in [-0.4, -0.2) is 38.0 Å². The molecular weight excluding hydrogens is 295 g/mol. The van der Waals surface area contributed by atoms with Crippen molar-refractivity contribution in [1.82, 2.24) is 0 Å². The fraction of sp³-hybridized carbons (Fsp3) is 0.588. The number of carbonyl (C=O) groups is 1. The summed E-state index contributed by atoms with van der Waals surface area (Å²) >= 11 is 0. The number of hydrogen-bond acceptors (Lipinski definition) is 5. The highest BCUT2D eigenvalue weighted by Gasteiger charge is 2.51. The average molecular weight is 320 g/mol. The van der Waals surface area contributed by atoms with Gasteiger partial charge in [0, 0.05) is 0 Å². The molecule has 0 N–H and O–H groups in total. The summed E-state index contributed by atoms with van der Waals surface area (Å²) in [7, 11) is 0.865. The lowest BCUT2D eigenvalue weighted by Gasteiger charge is -2.32. The number of esters is 1. The molecule has 0 radical (unpaired) electrons. The van der Waals surface area contributed by atoms with Crippen LogP contribution in [0.4, 0.5) is 0 Å². The van der Waals surface area contributed by atoms with Crippen LogP contribution in [0.25, 0.3) is 0 Å². The fourth-order valence-electron chi connectivity index (χ4n) is 2.53. The third-order valence-corrected chi connectivity index (χ3v) is 4.54. The molecule has 126 valence electrons. The predicted molar refractivity (Wildman–Crippen MR) is 89.4 cm³/mol. The SMILES string of the molecule is CCOc1cc(B2OC(C)(C)C(C)(C)O2)cc(C)c1C(=O)OC. The Kier molecular flexibility index (Phi) is 4.78. The molecular formula is C17H25BO5. The van der Waals surface area contributed by atoms with Crippen LogP contribution in [0.2, 0.25) is 0 Å². The van der Waals surface area contributed by atoms with Gasteiger partial charge in [-0.3, -0.25) is 0 Å². The van der Waals surface area contributed by atoms with Crippen molar-refractivity contribution in [3.8, 4) is 5.75 Å². The second-order valence-electron chi connectivity index (χ2n) is 6.72. The van der Waals surface area contributed by atoms with E-state index in [4.69, 9.17) is 18.8 Å². The zero-order valence-electron chi connectivity index (χ0n) is 15.0. The fourth-order valence-corrected chi connectivity index (χ4v) is 2.53. The topological polar surface area (TPSA) is 54.0 Å². The van der Waals surface area contributed by atoms with Crippen LogP contribution >= 0.6 is 0 Å². The Hall–Kier alpha value is -1.53.